The van der Waals surface area contributed by atoms with Gasteiger partial charge in [-0.05, 0) is 13.8 Å². The Hall–Kier alpha value is -0.550. The number of rotatable bonds is 2. The Morgan fingerprint density at radius 1 is 1.64 bits per heavy atom. The zero-order valence-electron chi connectivity index (χ0n) is 8.23. The average molecular weight is 227 g/mol. The predicted octanol–water partition coefficient (Wildman–Crippen LogP) is 2.29. The fourth-order valence-corrected chi connectivity index (χ4v) is 2.88. The maximum atomic E-state index is 4.48. The molecule has 3 nitrogen and oxygen atoms in total. The van der Waals surface area contributed by atoms with Gasteiger partial charge < -0.3 is 5.32 Å². The molecule has 0 saturated carbocycles. The Balaban J connectivity index is 1.95. The van der Waals surface area contributed by atoms with Crippen LogP contribution in [0, 0.1) is 0 Å². The molecule has 1 aromatic heterocycles. The van der Waals surface area contributed by atoms with Gasteiger partial charge in [-0.3, -0.25) is 4.99 Å². The van der Waals surface area contributed by atoms with Crippen LogP contribution in [0.1, 0.15) is 25.6 Å². The minimum Gasteiger partial charge on any atom is -0.357 e. The molecule has 0 fully saturated rings. The standard InChI is InChI=1S/C9H13N3S2/c1-6-3-14-9(11-6)12-7(2)8-4-13-5-10-8/h4-7H,3H2,1-2H3,(H,11,12). The van der Waals surface area contributed by atoms with Crippen molar-refractivity contribution in [3.05, 3.63) is 16.6 Å². The van der Waals surface area contributed by atoms with Crippen molar-refractivity contribution >= 4 is 28.3 Å². The summed E-state index contributed by atoms with van der Waals surface area (Å²) >= 11 is 3.42. The van der Waals surface area contributed by atoms with Gasteiger partial charge in [-0.2, -0.15) is 0 Å². The van der Waals surface area contributed by atoms with E-state index in [-0.39, 0.29) is 6.04 Å². The van der Waals surface area contributed by atoms with Gasteiger partial charge in [-0.15, -0.1) is 11.3 Å². The van der Waals surface area contributed by atoms with E-state index in [1.165, 1.54) is 0 Å². The number of amidine groups is 1. The number of nitrogens with zero attached hydrogens (tertiary/aromatic N) is 2. The second-order valence-corrected chi connectivity index (χ2v) is 5.10. The topological polar surface area (TPSA) is 37.3 Å². The summed E-state index contributed by atoms with van der Waals surface area (Å²) in [6.07, 6.45) is 0. The van der Waals surface area contributed by atoms with Crippen molar-refractivity contribution in [3.8, 4) is 0 Å². The smallest absolute Gasteiger partial charge is 0.157 e. The van der Waals surface area contributed by atoms with Crippen LogP contribution in [-0.2, 0) is 0 Å². The van der Waals surface area contributed by atoms with Crippen LogP contribution >= 0.6 is 23.1 Å². The lowest BCUT2D eigenvalue weighted by atomic mass is 10.3. The molecule has 2 unspecified atom stereocenters. The fourth-order valence-electron chi connectivity index (χ4n) is 1.25. The summed E-state index contributed by atoms with van der Waals surface area (Å²) in [6, 6.07) is 0.711. The molecule has 0 amide bonds. The van der Waals surface area contributed by atoms with E-state index < -0.39 is 0 Å². The molecule has 1 aromatic rings. The number of nitrogens with one attached hydrogen (secondary N) is 1. The van der Waals surface area contributed by atoms with Crippen LogP contribution in [0.5, 0.6) is 0 Å². The summed E-state index contributed by atoms with van der Waals surface area (Å²) in [5.74, 6) is 1.09. The van der Waals surface area contributed by atoms with E-state index in [4.69, 9.17) is 0 Å². The fraction of sp³-hybridized carbons (Fsp3) is 0.556. The molecule has 0 radical (unpaired) electrons. The predicted molar refractivity (Wildman–Crippen MR) is 63.0 cm³/mol. The molecule has 2 heterocycles. The molecule has 76 valence electrons. The van der Waals surface area contributed by atoms with Crippen LogP contribution in [0.2, 0.25) is 0 Å². The molecule has 0 saturated heterocycles. The highest BCUT2D eigenvalue weighted by Crippen LogP contribution is 2.19. The Kier molecular flexibility index (Phi) is 3.08. The summed E-state index contributed by atoms with van der Waals surface area (Å²) in [4.78, 5) is 8.75. The first-order valence-corrected chi connectivity index (χ1v) is 6.54. The first-order chi connectivity index (χ1) is 6.75. The highest BCUT2D eigenvalue weighted by atomic mass is 32.2. The van der Waals surface area contributed by atoms with Crippen molar-refractivity contribution in [1.82, 2.24) is 10.3 Å². The third-order valence-corrected chi connectivity index (χ3v) is 3.78. The third kappa shape index (κ3) is 2.27. The first-order valence-electron chi connectivity index (χ1n) is 4.61. The van der Waals surface area contributed by atoms with Crippen molar-refractivity contribution in [3.63, 3.8) is 0 Å². The van der Waals surface area contributed by atoms with Gasteiger partial charge in [-0.1, -0.05) is 11.8 Å². The van der Waals surface area contributed by atoms with Crippen LogP contribution in [-0.4, -0.2) is 21.9 Å². The molecule has 1 N–H and O–H groups in total. The normalized spacial score (nSPS) is 23.3. The number of thioether (sulfide) groups is 1. The lowest BCUT2D eigenvalue weighted by Gasteiger charge is -2.11. The van der Waals surface area contributed by atoms with E-state index in [2.05, 4.69) is 34.5 Å². The minimum atomic E-state index is 0.262. The maximum Gasteiger partial charge on any atom is 0.157 e. The Bertz CT molecular complexity index is 321. The van der Waals surface area contributed by atoms with E-state index >= 15 is 0 Å². The van der Waals surface area contributed by atoms with Crippen molar-refractivity contribution in [1.29, 1.82) is 0 Å². The molecule has 5 heteroatoms. The van der Waals surface area contributed by atoms with Gasteiger partial charge in [0.1, 0.15) is 0 Å². The van der Waals surface area contributed by atoms with Crippen molar-refractivity contribution < 1.29 is 0 Å². The number of aromatic nitrogens is 1. The Morgan fingerprint density at radius 2 is 2.50 bits per heavy atom. The van der Waals surface area contributed by atoms with Gasteiger partial charge in [0.05, 0.1) is 23.3 Å². The average Bonchev–Trinajstić information content (AvgIpc) is 2.75. The lowest BCUT2D eigenvalue weighted by molar-refractivity contribution is 0.699. The highest BCUT2D eigenvalue weighted by molar-refractivity contribution is 8.14. The third-order valence-electron chi connectivity index (χ3n) is 2.03. The van der Waals surface area contributed by atoms with Gasteiger partial charge in [0.25, 0.3) is 0 Å². The summed E-state index contributed by atoms with van der Waals surface area (Å²) < 4.78 is 0. The Morgan fingerprint density at radius 3 is 3.07 bits per heavy atom. The van der Waals surface area contributed by atoms with Gasteiger partial charge in [0.15, 0.2) is 5.17 Å². The molecule has 14 heavy (non-hydrogen) atoms. The monoisotopic (exact) mass is 227 g/mol. The largest absolute Gasteiger partial charge is 0.357 e. The van der Waals surface area contributed by atoms with Crippen LogP contribution in [0.15, 0.2) is 15.9 Å². The molecule has 0 spiro atoms. The van der Waals surface area contributed by atoms with Gasteiger partial charge in [0, 0.05) is 11.1 Å². The molecule has 2 rings (SSSR count). The summed E-state index contributed by atoms with van der Waals surface area (Å²) in [5.41, 5.74) is 2.96. The second kappa shape index (κ2) is 4.31. The van der Waals surface area contributed by atoms with Crippen molar-refractivity contribution in [2.24, 2.45) is 4.99 Å². The zero-order valence-corrected chi connectivity index (χ0v) is 9.86. The molecular weight excluding hydrogens is 214 g/mol. The quantitative estimate of drug-likeness (QED) is 0.842. The lowest BCUT2D eigenvalue weighted by Crippen LogP contribution is -2.23. The van der Waals surface area contributed by atoms with E-state index in [1.807, 2.05) is 5.51 Å². The number of aliphatic imine (C=N–C) groups is 1. The van der Waals surface area contributed by atoms with Gasteiger partial charge in [-0.25, -0.2) is 4.98 Å². The van der Waals surface area contributed by atoms with Crippen LogP contribution in [0.3, 0.4) is 0 Å². The summed E-state index contributed by atoms with van der Waals surface area (Å²) in [7, 11) is 0. The summed E-state index contributed by atoms with van der Waals surface area (Å²) in [6.45, 7) is 4.25. The molecule has 0 aromatic carbocycles. The molecule has 1 aliphatic heterocycles. The summed E-state index contributed by atoms with van der Waals surface area (Å²) in [5, 5.41) is 6.49. The molecule has 0 aliphatic carbocycles. The molecule has 2 atom stereocenters. The van der Waals surface area contributed by atoms with E-state index in [0.29, 0.717) is 6.04 Å². The van der Waals surface area contributed by atoms with Crippen molar-refractivity contribution in [2.45, 2.75) is 25.9 Å². The molecule has 0 bridgehead atoms. The SMILES string of the molecule is CC1CSC(NC(C)c2cscn2)=N1. The van der Waals surface area contributed by atoms with Crippen molar-refractivity contribution in [2.75, 3.05) is 5.75 Å². The van der Waals surface area contributed by atoms with E-state index in [9.17, 15) is 0 Å². The number of thiazole rings is 1. The molecule has 1 aliphatic rings. The molecular formula is C9H13N3S2. The Labute approximate surface area is 92.0 Å². The minimum absolute atomic E-state index is 0.262. The number of hydrogen-bond donors (Lipinski definition) is 1. The van der Waals surface area contributed by atoms with Crippen LogP contribution in [0.25, 0.3) is 0 Å². The van der Waals surface area contributed by atoms with Crippen LogP contribution < -0.4 is 5.32 Å². The van der Waals surface area contributed by atoms with Gasteiger partial charge >= 0.3 is 0 Å². The van der Waals surface area contributed by atoms with E-state index in [0.717, 1.165) is 16.6 Å². The van der Waals surface area contributed by atoms with Crippen LogP contribution in [0.4, 0.5) is 0 Å². The van der Waals surface area contributed by atoms with Gasteiger partial charge in [0.2, 0.25) is 0 Å². The zero-order chi connectivity index (χ0) is 9.97. The highest BCUT2D eigenvalue weighted by Gasteiger charge is 2.16. The second-order valence-electron chi connectivity index (χ2n) is 3.37. The first kappa shape index (κ1) is 9.98. The van der Waals surface area contributed by atoms with E-state index in [1.54, 1.807) is 23.1 Å². The number of hydrogen-bond acceptors (Lipinski definition) is 5. The maximum absolute atomic E-state index is 4.48.